The van der Waals surface area contributed by atoms with Crippen LogP contribution in [0.25, 0.3) is 0 Å². The van der Waals surface area contributed by atoms with Gasteiger partial charge in [0.1, 0.15) is 5.40 Å². The molecule has 1 aromatic rings. The molecular weight excluding hydrogens is 419 g/mol. The largest absolute Gasteiger partial charge is 0.311 e. The van der Waals surface area contributed by atoms with Crippen LogP contribution in [0, 0.1) is 16.6 Å². The first-order chi connectivity index (χ1) is 10.2. The number of nitriles is 1. The molecule has 1 heterocycles. The van der Waals surface area contributed by atoms with Crippen molar-refractivity contribution in [1.29, 1.82) is 5.26 Å². The van der Waals surface area contributed by atoms with Crippen LogP contribution in [-0.2, 0) is 15.0 Å². The summed E-state index contributed by atoms with van der Waals surface area (Å²) in [7, 11) is -4.63. The van der Waals surface area contributed by atoms with Gasteiger partial charge in [0.05, 0.1) is 16.5 Å². The SMILES string of the molecule is N#CSc1cc(Cl)c(N2CC(CS(=O)(=O)F)CC2=O)cc1Br. The molecule has 10 heteroatoms. The quantitative estimate of drug-likeness (QED) is 0.418. The van der Waals surface area contributed by atoms with Crippen molar-refractivity contribution < 1.29 is 17.1 Å². The Morgan fingerprint density at radius 3 is 2.82 bits per heavy atom. The number of nitrogens with zero attached hydrogens (tertiary/aromatic N) is 2. The molecule has 22 heavy (non-hydrogen) atoms. The summed E-state index contributed by atoms with van der Waals surface area (Å²) in [6.45, 7) is 0.0822. The van der Waals surface area contributed by atoms with E-state index >= 15 is 0 Å². The maximum atomic E-state index is 12.8. The molecule has 0 saturated carbocycles. The van der Waals surface area contributed by atoms with Crippen molar-refractivity contribution in [3.05, 3.63) is 21.6 Å². The minimum atomic E-state index is -4.63. The monoisotopic (exact) mass is 426 g/mol. The third kappa shape index (κ3) is 4.13. The zero-order valence-corrected chi connectivity index (χ0v) is 14.9. The highest BCUT2D eigenvalue weighted by Gasteiger charge is 2.34. The van der Waals surface area contributed by atoms with Gasteiger partial charge in [0.2, 0.25) is 5.91 Å². The van der Waals surface area contributed by atoms with Crippen molar-refractivity contribution >= 4 is 61.1 Å². The van der Waals surface area contributed by atoms with Gasteiger partial charge in [0, 0.05) is 28.3 Å². The Kier molecular flexibility index (Phi) is 5.37. The molecule has 1 aliphatic rings. The summed E-state index contributed by atoms with van der Waals surface area (Å²) in [5.41, 5.74) is 0.402. The third-order valence-electron chi connectivity index (χ3n) is 3.09. The zero-order valence-electron chi connectivity index (χ0n) is 10.9. The first-order valence-electron chi connectivity index (χ1n) is 5.99. The zero-order chi connectivity index (χ0) is 16.5. The Balaban J connectivity index is 2.27. The predicted molar refractivity (Wildman–Crippen MR) is 86.0 cm³/mol. The second-order valence-electron chi connectivity index (χ2n) is 4.71. The van der Waals surface area contributed by atoms with Crippen LogP contribution in [0.1, 0.15) is 6.42 Å². The molecule has 0 aliphatic carbocycles. The topological polar surface area (TPSA) is 78.2 Å². The predicted octanol–water partition coefficient (Wildman–Crippen LogP) is 3.33. The van der Waals surface area contributed by atoms with Gasteiger partial charge in [-0.3, -0.25) is 4.79 Å². The van der Waals surface area contributed by atoms with Crippen LogP contribution in [0.4, 0.5) is 9.57 Å². The number of halogens is 3. The number of carbonyl (C=O) groups excluding carboxylic acids is 1. The average molecular weight is 428 g/mol. The maximum Gasteiger partial charge on any atom is 0.302 e. The molecule has 5 nitrogen and oxygen atoms in total. The van der Waals surface area contributed by atoms with Crippen LogP contribution >= 0.6 is 39.3 Å². The van der Waals surface area contributed by atoms with Gasteiger partial charge in [0.15, 0.2) is 0 Å². The van der Waals surface area contributed by atoms with E-state index in [2.05, 4.69) is 15.9 Å². The standard InChI is InChI=1S/C12H9BrClFN2O3S2/c13-8-2-10(9(14)3-11(8)21-6-16)17-4-7(1-12(17)18)5-22(15,19)20/h2-3,7H,1,4-5H2. The molecule has 0 radical (unpaired) electrons. The average Bonchev–Trinajstić information content (AvgIpc) is 2.72. The van der Waals surface area contributed by atoms with Crippen LogP contribution in [0.2, 0.25) is 5.02 Å². The highest BCUT2D eigenvalue weighted by Crippen LogP contribution is 2.39. The van der Waals surface area contributed by atoms with Crippen molar-refractivity contribution in [3.63, 3.8) is 0 Å². The normalized spacial score (nSPS) is 18.5. The summed E-state index contributed by atoms with van der Waals surface area (Å²) in [6.07, 6.45) is -0.0498. The number of hydrogen-bond donors (Lipinski definition) is 0. The van der Waals surface area contributed by atoms with Crippen LogP contribution < -0.4 is 4.90 Å². The first-order valence-corrected chi connectivity index (χ1v) is 9.53. The van der Waals surface area contributed by atoms with Gasteiger partial charge in [-0.2, -0.15) is 13.7 Å². The van der Waals surface area contributed by atoms with Gasteiger partial charge >= 0.3 is 10.2 Å². The summed E-state index contributed by atoms with van der Waals surface area (Å²) >= 11 is 10.3. The van der Waals surface area contributed by atoms with Gasteiger partial charge in [-0.15, -0.1) is 3.89 Å². The molecule has 0 aromatic heterocycles. The number of anilines is 1. The Hall–Kier alpha value is -0.820. The molecule has 1 atom stereocenters. The molecule has 0 bridgehead atoms. The lowest BCUT2D eigenvalue weighted by Gasteiger charge is -2.19. The van der Waals surface area contributed by atoms with Gasteiger partial charge in [-0.25, -0.2) is 0 Å². The molecule has 1 amide bonds. The number of benzene rings is 1. The molecule has 1 unspecified atom stereocenters. The van der Waals surface area contributed by atoms with Crippen LogP contribution in [-0.4, -0.2) is 26.6 Å². The molecule has 118 valence electrons. The summed E-state index contributed by atoms with van der Waals surface area (Å²) in [5.74, 6) is -1.61. The van der Waals surface area contributed by atoms with E-state index in [1.54, 1.807) is 12.1 Å². The lowest BCUT2D eigenvalue weighted by molar-refractivity contribution is -0.117. The van der Waals surface area contributed by atoms with Crippen molar-refractivity contribution in [1.82, 2.24) is 0 Å². The molecule has 0 N–H and O–H groups in total. The Morgan fingerprint density at radius 2 is 2.23 bits per heavy atom. The lowest BCUT2D eigenvalue weighted by atomic mass is 10.1. The number of carbonyl (C=O) groups is 1. The van der Waals surface area contributed by atoms with Crippen molar-refractivity contribution in [2.75, 3.05) is 17.2 Å². The molecular formula is C12H9BrClFN2O3S2. The summed E-state index contributed by atoms with van der Waals surface area (Å²) < 4.78 is 34.8. The highest BCUT2D eigenvalue weighted by atomic mass is 79.9. The fraction of sp³-hybridized carbons (Fsp3) is 0.333. The number of thioether (sulfide) groups is 1. The second kappa shape index (κ2) is 6.74. The van der Waals surface area contributed by atoms with E-state index in [1.807, 2.05) is 5.40 Å². The van der Waals surface area contributed by atoms with E-state index in [1.165, 1.54) is 4.90 Å². The summed E-state index contributed by atoms with van der Waals surface area (Å²) in [5, 5.41) is 10.9. The maximum absolute atomic E-state index is 12.8. The van der Waals surface area contributed by atoms with Gasteiger partial charge < -0.3 is 4.90 Å². The highest BCUT2D eigenvalue weighted by molar-refractivity contribution is 9.10. The van der Waals surface area contributed by atoms with Crippen molar-refractivity contribution in [3.8, 4) is 5.40 Å². The lowest BCUT2D eigenvalue weighted by Crippen LogP contribution is -2.25. The van der Waals surface area contributed by atoms with Crippen molar-refractivity contribution in [2.24, 2.45) is 5.92 Å². The van der Waals surface area contributed by atoms with Crippen LogP contribution in [0.15, 0.2) is 21.5 Å². The van der Waals surface area contributed by atoms with E-state index in [9.17, 15) is 17.1 Å². The van der Waals surface area contributed by atoms with E-state index in [0.29, 0.717) is 15.1 Å². The van der Waals surface area contributed by atoms with Gasteiger partial charge in [-0.1, -0.05) is 11.6 Å². The Morgan fingerprint density at radius 1 is 1.55 bits per heavy atom. The molecule has 1 saturated heterocycles. The summed E-state index contributed by atoms with van der Waals surface area (Å²) in [4.78, 5) is 14.0. The molecule has 1 aromatic carbocycles. The minimum Gasteiger partial charge on any atom is -0.311 e. The van der Waals surface area contributed by atoms with E-state index in [-0.39, 0.29) is 23.9 Å². The van der Waals surface area contributed by atoms with E-state index in [4.69, 9.17) is 16.9 Å². The van der Waals surface area contributed by atoms with E-state index < -0.39 is 21.9 Å². The second-order valence-corrected chi connectivity index (χ2v) is 8.21. The molecule has 0 spiro atoms. The van der Waals surface area contributed by atoms with Gasteiger partial charge in [-0.05, 0) is 39.8 Å². The van der Waals surface area contributed by atoms with Crippen molar-refractivity contribution in [2.45, 2.75) is 11.3 Å². The number of thiocyanates is 1. The Bertz CT molecular complexity index is 766. The molecule has 2 rings (SSSR count). The molecule has 1 aliphatic heterocycles. The summed E-state index contributed by atoms with van der Waals surface area (Å²) in [6, 6.07) is 3.13. The fourth-order valence-corrected chi connectivity index (χ4v) is 4.38. The van der Waals surface area contributed by atoms with E-state index in [0.717, 1.165) is 11.8 Å². The van der Waals surface area contributed by atoms with Crippen LogP contribution in [0.3, 0.4) is 0 Å². The Labute approximate surface area is 144 Å². The van der Waals surface area contributed by atoms with Crippen LogP contribution in [0.5, 0.6) is 0 Å². The fourth-order valence-electron chi connectivity index (χ4n) is 2.26. The molecule has 1 fully saturated rings. The number of amides is 1. The third-order valence-corrected chi connectivity index (χ3v) is 5.83. The number of rotatable bonds is 4. The first kappa shape index (κ1) is 17.5. The number of hydrogen-bond acceptors (Lipinski definition) is 5. The van der Waals surface area contributed by atoms with Gasteiger partial charge in [0.25, 0.3) is 0 Å². The minimum absolute atomic E-state index is 0.0498. The smallest absolute Gasteiger partial charge is 0.302 e.